The standard InChI is InChI=1S/C25H32F2N6O2/c1-16(2)17-3-5-19(6-4-17)33-23(24(26)27)18(14-29-33)13-21(34)20-15-28-32-8-7-22(30-25(20)32)31-9-11-35-12-10-31/h7-8,14-17,19,24H,3-6,9-13H2,1-2H3. The molecular weight excluding hydrogens is 454 g/mol. The highest BCUT2D eigenvalue weighted by Gasteiger charge is 2.30. The fourth-order valence-corrected chi connectivity index (χ4v) is 5.38. The van der Waals surface area contributed by atoms with Gasteiger partial charge in [0.15, 0.2) is 11.4 Å². The van der Waals surface area contributed by atoms with Crippen molar-refractivity contribution in [2.24, 2.45) is 11.8 Å². The van der Waals surface area contributed by atoms with Crippen molar-refractivity contribution in [3.63, 3.8) is 0 Å². The van der Waals surface area contributed by atoms with Crippen molar-refractivity contribution >= 4 is 17.2 Å². The minimum atomic E-state index is -2.70. The maximum atomic E-state index is 14.2. The van der Waals surface area contributed by atoms with Crippen LogP contribution < -0.4 is 4.90 Å². The Kier molecular flexibility index (Phi) is 6.82. The number of hydrogen-bond acceptors (Lipinski definition) is 6. The van der Waals surface area contributed by atoms with Crippen LogP contribution in [0, 0.1) is 11.8 Å². The Morgan fingerprint density at radius 1 is 1.11 bits per heavy atom. The molecule has 0 aromatic carbocycles. The number of rotatable bonds is 7. The number of carbonyl (C=O) groups excluding carboxylic acids is 1. The number of halogens is 2. The van der Waals surface area contributed by atoms with Crippen LogP contribution in [0.1, 0.15) is 73.6 Å². The summed E-state index contributed by atoms with van der Waals surface area (Å²) in [6.07, 6.45) is 5.50. The van der Waals surface area contributed by atoms with Gasteiger partial charge >= 0.3 is 0 Å². The van der Waals surface area contributed by atoms with Gasteiger partial charge in [-0.2, -0.15) is 10.2 Å². The second-order valence-corrected chi connectivity index (χ2v) is 9.92. The van der Waals surface area contributed by atoms with Crippen molar-refractivity contribution in [1.82, 2.24) is 24.4 Å². The third kappa shape index (κ3) is 4.80. The van der Waals surface area contributed by atoms with Gasteiger partial charge in [-0.15, -0.1) is 0 Å². The summed E-state index contributed by atoms with van der Waals surface area (Å²) < 4.78 is 36.8. The maximum absolute atomic E-state index is 14.2. The van der Waals surface area contributed by atoms with Crippen molar-refractivity contribution in [3.8, 4) is 0 Å². The number of anilines is 1. The number of ether oxygens (including phenoxy) is 1. The molecule has 35 heavy (non-hydrogen) atoms. The van der Waals surface area contributed by atoms with E-state index < -0.39 is 6.43 Å². The Bertz CT molecular complexity index is 1180. The maximum Gasteiger partial charge on any atom is 0.280 e. The van der Waals surface area contributed by atoms with E-state index in [1.165, 1.54) is 17.1 Å². The summed E-state index contributed by atoms with van der Waals surface area (Å²) in [6, 6.07) is 1.81. The number of fused-ring (bicyclic) bond motifs is 1. The molecule has 0 unspecified atom stereocenters. The minimum absolute atomic E-state index is 0.0485. The Balaban J connectivity index is 1.37. The highest BCUT2D eigenvalue weighted by molar-refractivity contribution is 6.02. The molecule has 0 atom stereocenters. The molecule has 5 rings (SSSR count). The molecule has 1 saturated heterocycles. The summed E-state index contributed by atoms with van der Waals surface area (Å²) in [5.74, 6) is 1.67. The van der Waals surface area contributed by atoms with Gasteiger partial charge in [0.2, 0.25) is 0 Å². The summed E-state index contributed by atoms with van der Waals surface area (Å²) >= 11 is 0. The molecule has 0 radical (unpaired) electrons. The number of ketones is 1. The van der Waals surface area contributed by atoms with E-state index in [1.54, 1.807) is 10.7 Å². The summed E-state index contributed by atoms with van der Waals surface area (Å²) in [7, 11) is 0. The summed E-state index contributed by atoms with van der Waals surface area (Å²) in [4.78, 5) is 20.0. The Morgan fingerprint density at radius 3 is 2.54 bits per heavy atom. The fraction of sp³-hybridized carbons (Fsp3) is 0.600. The molecule has 1 aliphatic carbocycles. The number of nitrogens with zero attached hydrogens (tertiary/aromatic N) is 6. The number of alkyl halides is 2. The molecule has 10 heteroatoms. The smallest absolute Gasteiger partial charge is 0.280 e. The summed E-state index contributed by atoms with van der Waals surface area (Å²) in [5, 5.41) is 8.58. The molecule has 2 aliphatic rings. The molecule has 1 saturated carbocycles. The van der Waals surface area contributed by atoms with E-state index in [-0.39, 0.29) is 29.5 Å². The first kappa shape index (κ1) is 23.8. The van der Waals surface area contributed by atoms with Gasteiger partial charge in [-0.1, -0.05) is 13.8 Å². The molecule has 0 bridgehead atoms. The van der Waals surface area contributed by atoms with Crippen LogP contribution in [0.15, 0.2) is 24.7 Å². The zero-order valence-electron chi connectivity index (χ0n) is 20.2. The third-order valence-corrected chi connectivity index (χ3v) is 7.49. The average molecular weight is 487 g/mol. The Morgan fingerprint density at radius 2 is 1.86 bits per heavy atom. The topological polar surface area (TPSA) is 77.5 Å². The molecule has 0 amide bonds. The van der Waals surface area contributed by atoms with Crippen LogP contribution in [-0.2, 0) is 11.2 Å². The molecule has 8 nitrogen and oxygen atoms in total. The minimum Gasteiger partial charge on any atom is -0.378 e. The van der Waals surface area contributed by atoms with E-state index >= 15 is 0 Å². The van der Waals surface area contributed by atoms with Crippen LogP contribution in [0.2, 0.25) is 0 Å². The molecule has 0 spiro atoms. The van der Waals surface area contributed by atoms with Crippen molar-refractivity contribution in [2.45, 2.75) is 58.4 Å². The van der Waals surface area contributed by atoms with E-state index in [0.717, 1.165) is 44.6 Å². The van der Waals surface area contributed by atoms with E-state index in [9.17, 15) is 13.6 Å². The van der Waals surface area contributed by atoms with Gasteiger partial charge in [-0.3, -0.25) is 9.48 Å². The Labute approximate surface area is 203 Å². The first-order valence-electron chi connectivity index (χ1n) is 12.5. The molecule has 3 aromatic heterocycles. The number of hydrogen-bond donors (Lipinski definition) is 0. The van der Waals surface area contributed by atoms with Crippen molar-refractivity contribution in [2.75, 3.05) is 31.2 Å². The lowest BCUT2D eigenvalue weighted by Crippen LogP contribution is -2.36. The Hall–Kier alpha value is -2.88. The van der Waals surface area contributed by atoms with Crippen LogP contribution in [-0.4, -0.2) is 56.5 Å². The van der Waals surface area contributed by atoms with Crippen molar-refractivity contribution in [1.29, 1.82) is 0 Å². The number of Topliss-reactive ketones (excluding diaryl/α,β-unsaturated/α-hetero) is 1. The highest BCUT2D eigenvalue weighted by Crippen LogP contribution is 2.38. The van der Waals surface area contributed by atoms with E-state index in [1.807, 2.05) is 6.07 Å². The van der Waals surface area contributed by atoms with Crippen molar-refractivity contribution < 1.29 is 18.3 Å². The first-order chi connectivity index (χ1) is 16.9. The monoisotopic (exact) mass is 486 g/mol. The summed E-state index contributed by atoms with van der Waals surface area (Å²) in [6.45, 7) is 7.11. The van der Waals surface area contributed by atoms with E-state index in [0.29, 0.717) is 36.3 Å². The van der Waals surface area contributed by atoms with Crippen molar-refractivity contribution in [3.05, 3.63) is 41.5 Å². The molecule has 2 fully saturated rings. The van der Waals surface area contributed by atoms with E-state index in [4.69, 9.17) is 4.74 Å². The lowest BCUT2D eigenvalue weighted by Gasteiger charge is -2.31. The van der Waals surface area contributed by atoms with Crippen LogP contribution >= 0.6 is 0 Å². The first-order valence-corrected chi connectivity index (χ1v) is 12.5. The number of aromatic nitrogens is 5. The SMILES string of the molecule is CC(C)C1CCC(n2ncc(CC(=O)c3cnn4ccc(N5CCOCC5)nc34)c2C(F)F)CC1. The van der Waals surface area contributed by atoms with Gasteiger partial charge in [0, 0.05) is 31.3 Å². The number of morpholine rings is 1. The lowest BCUT2D eigenvalue weighted by atomic mass is 9.79. The molecular formula is C25H32F2N6O2. The van der Waals surface area contributed by atoms with Crippen LogP contribution in [0.4, 0.5) is 14.6 Å². The molecule has 188 valence electrons. The average Bonchev–Trinajstić information content (AvgIpc) is 3.48. The van der Waals surface area contributed by atoms with Crippen LogP contribution in [0.3, 0.4) is 0 Å². The molecule has 0 N–H and O–H groups in total. The largest absolute Gasteiger partial charge is 0.378 e. The quantitative estimate of drug-likeness (QED) is 0.457. The lowest BCUT2D eigenvalue weighted by molar-refractivity contribution is 0.0990. The number of carbonyl (C=O) groups is 1. The van der Waals surface area contributed by atoms with Crippen LogP contribution in [0.25, 0.3) is 5.65 Å². The van der Waals surface area contributed by atoms with Gasteiger partial charge < -0.3 is 9.64 Å². The highest BCUT2D eigenvalue weighted by atomic mass is 19.3. The van der Waals surface area contributed by atoms with Gasteiger partial charge in [-0.05, 0) is 43.6 Å². The van der Waals surface area contributed by atoms with Gasteiger partial charge in [0.05, 0.1) is 37.2 Å². The van der Waals surface area contributed by atoms with Gasteiger partial charge in [0.25, 0.3) is 6.43 Å². The fourth-order valence-electron chi connectivity index (χ4n) is 5.38. The second kappa shape index (κ2) is 10.0. The predicted molar refractivity (Wildman–Crippen MR) is 127 cm³/mol. The van der Waals surface area contributed by atoms with E-state index in [2.05, 4.69) is 33.9 Å². The van der Waals surface area contributed by atoms with Gasteiger partial charge in [-0.25, -0.2) is 18.3 Å². The zero-order valence-corrected chi connectivity index (χ0v) is 20.2. The van der Waals surface area contributed by atoms with Crippen LogP contribution in [0.5, 0.6) is 0 Å². The molecule has 4 heterocycles. The zero-order chi connectivity index (χ0) is 24.5. The normalized spacial score (nSPS) is 21.4. The molecule has 1 aliphatic heterocycles. The molecule has 3 aromatic rings. The predicted octanol–water partition coefficient (Wildman–Crippen LogP) is 4.51. The second-order valence-electron chi connectivity index (χ2n) is 9.92. The summed E-state index contributed by atoms with van der Waals surface area (Å²) in [5.41, 5.74) is 0.895. The van der Waals surface area contributed by atoms with Gasteiger partial charge in [0.1, 0.15) is 11.5 Å². The third-order valence-electron chi connectivity index (χ3n) is 7.49.